The number of benzene rings is 1. The van der Waals surface area contributed by atoms with Crippen LogP contribution in [0.15, 0.2) is 28.7 Å². The quantitative estimate of drug-likeness (QED) is 0.713. The fourth-order valence-electron chi connectivity index (χ4n) is 1.83. The summed E-state index contributed by atoms with van der Waals surface area (Å²) in [6.07, 6.45) is 0.775. The van der Waals surface area contributed by atoms with Crippen molar-refractivity contribution < 1.29 is 4.74 Å². The van der Waals surface area contributed by atoms with Gasteiger partial charge >= 0.3 is 0 Å². The summed E-state index contributed by atoms with van der Waals surface area (Å²) < 4.78 is 8.33. The van der Waals surface area contributed by atoms with E-state index in [9.17, 15) is 0 Å². The van der Waals surface area contributed by atoms with Crippen LogP contribution in [0.5, 0.6) is 0 Å². The van der Waals surface area contributed by atoms with Crippen molar-refractivity contribution in [1.82, 2.24) is 14.8 Å². The van der Waals surface area contributed by atoms with Crippen molar-refractivity contribution in [3.8, 4) is 0 Å². The molecule has 0 fully saturated rings. The minimum Gasteiger partial charge on any atom is -0.383 e. The summed E-state index contributed by atoms with van der Waals surface area (Å²) in [4.78, 5) is 0. The van der Waals surface area contributed by atoms with E-state index in [0.717, 1.165) is 29.1 Å². The van der Waals surface area contributed by atoms with E-state index in [1.54, 1.807) is 7.11 Å². The average Bonchev–Trinajstić information content (AvgIpc) is 2.81. The van der Waals surface area contributed by atoms with E-state index in [2.05, 4.69) is 58.8 Å². The molecule has 0 spiro atoms. The summed E-state index contributed by atoms with van der Waals surface area (Å²) in [5.74, 6) is 1.90. The van der Waals surface area contributed by atoms with Gasteiger partial charge in [0, 0.05) is 24.5 Å². The Hall–Kier alpha value is -0.720. The Balaban J connectivity index is 2.19. The van der Waals surface area contributed by atoms with Crippen molar-refractivity contribution >= 4 is 31.9 Å². The van der Waals surface area contributed by atoms with Crippen LogP contribution in [0.2, 0.25) is 0 Å². The van der Waals surface area contributed by atoms with Gasteiger partial charge in [0.1, 0.15) is 11.6 Å². The van der Waals surface area contributed by atoms with Crippen LogP contribution in [-0.4, -0.2) is 28.5 Å². The highest BCUT2D eigenvalue weighted by Gasteiger charge is 2.11. The van der Waals surface area contributed by atoms with Crippen LogP contribution in [0.4, 0.5) is 0 Å². The van der Waals surface area contributed by atoms with Crippen LogP contribution in [0.1, 0.15) is 17.2 Å². The molecule has 0 atom stereocenters. The van der Waals surface area contributed by atoms with E-state index >= 15 is 0 Å². The first-order chi connectivity index (χ1) is 9.24. The highest BCUT2D eigenvalue weighted by atomic mass is 79.9. The lowest BCUT2D eigenvalue weighted by atomic mass is 10.1. The molecule has 0 unspecified atom stereocenters. The van der Waals surface area contributed by atoms with Gasteiger partial charge in [0.25, 0.3) is 0 Å². The molecule has 0 saturated heterocycles. The summed E-state index contributed by atoms with van der Waals surface area (Å²) in [6, 6.07) is 8.26. The number of methoxy groups -OCH3 is 1. The molecule has 0 radical (unpaired) electrons. The van der Waals surface area contributed by atoms with Gasteiger partial charge in [-0.25, -0.2) is 0 Å². The van der Waals surface area contributed by atoms with Gasteiger partial charge in [0.2, 0.25) is 0 Å². The first-order valence-electron chi connectivity index (χ1n) is 5.95. The molecule has 102 valence electrons. The molecule has 19 heavy (non-hydrogen) atoms. The summed E-state index contributed by atoms with van der Waals surface area (Å²) in [5, 5.41) is 9.17. The minimum absolute atomic E-state index is 0.658. The molecular weight excluding hydrogens is 374 g/mol. The normalized spacial score (nSPS) is 10.9. The van der Waals surface area contributed by atoms with Crippen LogP contribution in [-0.2, 0) is 23.0 Å². The molecule has 0 aliphatic carbocycles. The Morgan fingerprint density at radius 2 is 1.84 bits per heavy atom. The lowest BCUT2D eigenvalue weighted by Crippen LogP contribution is -2.11. The third kappa shape index (κ3) is 3.87. The fourth-order valence-corrected chi connectivity index (χ4v) is 2.51. The highest BCUT2D eigenvalue weighted by Crippen LogP contribution is 2.15. The number of alkyl halides is 1. The Morgan fingerprint density at radius 1 is 1.16 bits per heavy atom. The van der Waals surface area contributed by atoms with Gasteiger partial charge in [-0.1, -0.05) is 44.0 Å². The molecule has 2 aromatic rings. The molecule has 0 N–H and O–H groups in total. The summed E-state index contributed by atoms with van der Waals surface area (Å²) in [6.45, 7) is 1.43. The average molecular weight is 389 g/mol. The molecule has 0 aliphatic heterocycles. The third-order valence-electron chi connectivity index (χ3n) is 2.82. The first-order valence-corrected chi connectivity index (χ1v) is 7.86. The van der Waals surface area contributed by atoms with Crippen LogP contribution >= 0.6 is 31.9 Å². The molecule has 2 rings (SSSR count). The molecule has 0 aliphatic rings. The molecule has 1 aromatic heterocycles. The predicted octanol–water partition coefficient (Wildman–Crippen LogP) is 3.17. The van der Waals surface area contributed by atoms with Gasteiger partial charge in [-0.05, 0) is 17.7 Å². The monoisotopic (exact) mass is 387 g/mol. The van der Waals surface area contributed by atoms with Crippen molar-refractivity contribution in [2.75, 3.05) is 13.7 Å². The second-order valence-electron chi connectivity index (χ2n) is 4.11. The topological polar surface area (TPSA) is 39.9 Å². The van der Waals surface area contributed by atoms with E-state index in [1.807, 2.05) is 12.1 Å². The maximum atomic E-state index is 5.14. The molecular formula is C13H15Br2N3O. The van der Waals surface area contributed by atoms with E-state index < -0.39 is 0 Å². The molecule has 4 nitrogen and oxygen atoms in total. The second-order valence-corrected chi connectivity index (χ2v) is 5.59. The lowest BCUT2D eigenvalue weighted by molar-refractivity contribution is 0.185. The van der Waals surface area contributed by atoms with E-state index in [4.69, 9.17) is 4.74 Å². The summed E-state index contributed by atoms with van der Waals surface area (Å²) in [7, 11) is 1.70. The molecule has 1 aromatic carbocycles. The number of hydrogen-bond donors (Lipinski definition) is 0. The Bertz CT molecular complexity index is 525. The maximum absolute atomic E-state index is 5.14. The first kappa shape index (κ1) is 14.7. The highest BCUT2D eigenvalue weighted by molar-refractivity contribution is 9.10. The number of aromatic nitrogens is 3. The van der Waals surface area contributed by atoms with E-state index in [0.29, 0.717) is 11.9 Å². The van der Waals surface area contributed by atoms with Gasteiger partial charge in [0.15, 0.2) is 0 Å². The third-order valence-corrected chi connectivity index (χ3v) is 3.85. The number of nitrogens with zero attached hydrogens (tertiary/aromatic N) is 3. The van der Waals surface area contributed by atoms with Gasteiger partial charge in [0.05, 0.1) is 11.9 Å². The molecule has 0 amide bonds. The minimum atomic E-state index is 0.658. The van der Waals surface area contributed by atoms with E-state index in [1.165, 1.54) is 5.56 Å². The van der Waals surface area contributed by atoms with Crippen LogP contribution in [0, 0.1) is 0 Å². The van der Waals surface area contributed by atoms with Crippen molar-refractivity contribution in [2.45, 2.75) is 18.3 Å². The SMILES string of the molecule is COCCn1c(CBr)nnc1Cc1ccc(Br)cc1. The zero-order valence-electron chi connectivity index (χ0n) is 10.6. The number of hydrogen-bond acceptors (Lipinski definition) is 3. The van der Waals surface area contributed by atoms with Crippen molar-refractivity contribution in [2.24, 2.45) is 0 Å². The van der Waals surface area contributed by atoms with E-state index in [-0.39, 0.29) is 0 Å². The van der Waals surface area contributed by atoms with Crippen LogP contribution < -0.4 is 0 Å². The zero-order valence-corrected chi connectivity index (χ0v) is 13.8. The fraction of sp³-hybridized carbons (Fsp3) is 0.385. The van der Waals surface area contributed by atoms with Gasteiger partial charge in [-0.3, -0.25) is 0 Å². The Morgan fingerprint density at radius 3 is 2.47 bits per heavy atom. The number of ether oxygens (including phenoxy) is 1. The molecule has 6 heteroatoms. The van der Waals surface area contributed by atoms with Crippen molar-refractivity contribution in [1.29, 1.82) is 0 Å². The van der Waals surface area contributed by atoms with Gasteiger partial charge in [-0.2, -0.15) is 0 Å². The number of rotatable bonds is 6. The maximum Gasteiger partial charge on any atom is 0.143 e. The Labute approximate surface area is 129 Å². The number of halogens is 2. The predicted molar refractivity (Wildman–Crippen MR) is 81.5 cm³/mol. The molecule has 0 saturated carbocycles. The molecule has 0 bridgehead atoms. The van der Waals surface area contributed by atoms with Crippen molar-refractivity contribution in [3.05, 3.63) is 46.0 Å². The van der Waals surface area contributed by atoms with Gasteiger partial charge < -0.3 is 9.30 Å². The standard InChI is InChI=1S/C13H15Br2N3O/c1-19-7-6-18-12(16-17-13(18)9-14)8-10-2-4-11(15)5-3-10/h2-5H,6-9H2,1H3. The lowest BCUT2D eigenvalue weighted by Gasteiger charge is -2.08. The summed E-state index contributed by atoms with van der Waals surface area (Å²) in [5.41, 5.74) is 1.22. The van der Waals surface area contributed by atoms with Crippen LogP contribution in [0.3, 0.4) is 0 Å². The van der Waals surface area contributed by atoms with Crippen molar-refractivity contribution in [3.63, 3.8) is 0 Å². The smallest absolute Gasteiger partial charge is 0.143 e. The van der Waals surface area contributed by atoms with Crippen LogP contribution in [0.25, 0.3) is 0 Å². The largest absolute Gasteiger partial charge is 0.383 e. The Kier molecular flexibility index (Phi) is 5.54. The molecule has 1 heterocycles. The van der Waals surface area contributed by atoms with Gasteiger partial charge in [-0.15, -0.1) is 10.2 Å². The summed E-state index contributed by atoms with van der Waals surface area (Å²) >= 11 is 6.88. The zero-order chi connectivity index (χ0) is 13.7. The second kappa shape index (κ2) is 7.17.